The first-order chi connectivity index (χ1) is 14.7. The Kier molecular flexibility index (Phi) is 5.32. The standard InChI is InChI=1S/C22H26N6O2S/c1-15-19-9-8-17(13-20(19)27-28(15)3)22(23-2)10-11-24-21(26-22)25-18-7-5-6-16(12-18)14-31(4,29)30/h5-13,23H,14H2,1-4H3,(H2,24,25,26). The van der Waals surface area contributed by atoms with E-state index in [0.29, 0.717) is 5.96 Å². The molecule has 0 saturated carbocycles. The summed E-state index contributed by atoms with van der Waals surface area (Å²) in [4.78, 5) is 4.88. The first kappa shape index (κ1) is 21.1. The van der Waals surface area contributed by atoms with Crippen LogP contribution in [0.2, 0.25) is 0 Å². The number of sulfone groups is 1. The minimum atomic E-state index is -3.11. The van der Waals surface area contributed by atoms with E-state index in [0.717, 1.165) is 33.4 Å². The summed E-state index contributed by atoms with van der Waals surface area (Å²) in [6.07, 6.45) is 5.02. The van der Waals surface area contributed by atoms with E-state index >= 15 is 0 Å². The molecule has 3 aromatic rings. The molecule has 0 saturated heterocycles. The zero-order valence-corrected chi connectivity index (χ0v) is 18.8. The summed E-state index contributed by atoms with van der Waals surface area (Å²) < 4.78 is 25.1. The van der Waals surface area contributed by atoms with Gasteiger partial charge in [0.1, 0.15) is 0 Å². The lowest BCUT2D eigenvalue weighted by molar-refractivity contribution is 0.472. The predicted octanol–water partition coefficient (Wildman–Crippen LogP) is 2.38. The molecule has 1 aromatic heterocycles. The van der Waals surface area contributed by atoms with Crippen LogP contribution in [0.4, 0.5) is 5.69 Å². The second-order valence-electron chi connectivity index (χ2n) is 7.79. The lowest BCUT2D eigenvalue weighted by Crippen LogP contribution is -2.43. The van der Waals surface area contributed by atoms with Crippen LogP contribution in [-0.4, -0.2) is 37.5 Å². The Morgan fingerprint density at radius 1 is 1.19 bits per heavy atom. The van der Waals surface area contributed by atoms with Crippen LogP contribution in [0.15, 0.2) is 59.7 Å². The van der Waals surface area contributed by atoms with Gasteiger partial charge in [0.15, 0.2) is 15.5 Å². The highest BCUT2D eigenvalue weighted by Crippen LogP contribution is 2.30. The summed E-state index contributed by atoms with van der Waals surface area (Å²) in [7, 11) is 0.687. The lowest BCUT2D eigenvalue weighted by atomic mass is 9.97. The van der Waals surface area contributed by atoms with E-state index < -0.39 is 15.5 Å². The van der Waals surface area contributed by atoms with Gasteiger partial charge < -0.3 is 10.6 Å². The van der Waals surface area contributed by atoms with Gasteiger partial charge in [0.2, 0.25) is 5.96 Å². The summed E-state index contributed by atoms with van der Waals surface area (Å²) in [5, 5.41) is 15.4. The highest BCUT2D eigenvalue weighted by atomic mass is 32.2. The number of hydrogen-bond acceptors (Lipinski definition) is 7. The van der Waals surface area contributed by atoms with Crippen molar-refractivity contribution < 1.29 is 8.42 Å². The minimum Gasteiger partial charge on any atom is -0.333 e. The number of guanidine groups is 1. The van der Waals surface area contributed by atoms with Crippen LogP contribution in [0.1, 0.15) is 16.8 Å². The van der Waals surface area contributed by atoms with Gasteiger partial charge in [-0.1, -0.05) is 24.3 Å². The van der Waals surface area contributed by atoms with Gasteiger partial charge in [-0.05, 0) is 43.8 Å². The van der Waals surface area contributed by atoms with Gasteiger partial charge in [-0.25, -0.2) is 13.4 Å². The molecule has 0 spiro atoms. The summed E-state index contributed by atoms with van der Waals surface area (Å²) >= 11 is 0. The van der Waals surface area contributed by atoms with Crippen molar-refractivity contribution in [1.82, 2.24) is 20.4 Å². The number of hydrogen-bond donors (Lipinski definition) is 3. The first-order valence-corrected chi connectivity index (χ1v) is 12.0. The zero-order valence-electron chi connectivity index (χ0n) is 18.0. The number of nitrogens with one attached hydrogen (secondary N) is 3. The Balaban J connectivity index is 1.66. The highest BCUT2D eigenvalue weighted by molar-refractivity contribution is 7.89. The smallest absolute Gasteiger partial charge is 0.202 e. The third kappa shape index (κ3) is 4.33. The van der Waals surface area contributed by atoms with E-state index in [1.54, 1.807) is 6.07 Å². The van der Waals surface area contributed by atoms with Gasteiger partial charge in [0, 0.05) is 41.8 Å². The molecule has 0 radical (unpaired) electrons. The molecule has 2 aromatic carbocycles. The quantitative estimate of drug-likeness (QED) is 0.566. The number of benzene rings is 2. The largest absolute Gasteiger partial charge is 0.333 e. The van der Waals surface area contributed by atoms with E-state index in [1.807, 2.05) is 62.2 Å². The Labute approximate surface area is 182 Å². The molecule has 1 unspecified atom stereocenters. The number of aliphatic imine (C=N–C) groups is 1. The molecule has 162 valence electrons. The molecule has 0 amide bonds. The lowest BCUT2D eigenvalue weighted by Gasteiger charge is -2.31. The average molecular weight is 439 g/mol. The van der Waals surface area contributed by atoms with Gasteiger partial charge >= 0.3 is 0 Å². The van der Waals surface area contributed by atoms with Crippen LogP contribution in [0.5, 0.6) is 0 Å². The van der Waals surface area contributed by atoms with E-state index in [1.165, 1.54) is 6.26 Å². The van der Waals surface area contributed by atoms with Crippen LogP contribution >= 0.6 is 0 Å². The number of fused-ring (bicyclic) bond motifs is 1. The summed E-state index contributed by atoms with van der Waals surface area (Å²) in [6, 6.07) is 13.5. The van der Waals surface area contributed by atoms with Crippen molar-refractivity contribution in [3.8, 4) is 0 Å². The molecule has 0 aliphatic carbocycles. The molecule has 8 nitrogen and oxygen atoms in total. The predicted molar refractivity (Wildman–Crippen MR) is 125 cm³/mol. The third-order valence-electron chi connectivity index (χ3n) is 5.40. The van der Waals surface area contributed by atoms with Gasteiger partial charge in [0.05, 0.1) is 11.3 Å². The van der Waals surface area contributed by atoms with Crippen LogP contribution in [0.25, 0.3) is 10.9 Å². The molecule has 3 N–H and O–H groups in total. The van der Waals surface area contributed by atoms with Crippen molar-refractivity contribution in [2.75, 3.05) is 18.6 Å². The van der Waals surface area contributed by atoms with Crippen molar-refractivity contribution in [2.45, 2.75) is 18.3 Å². The molecule has 2 heterocycles. The average Bonchev–Trinajstić information content (AvgIpc) is 3.00. The van der Waals surface area contributed by atoms with Crippen molar-refractivity contribution >= 4 is 32.4 Å². The molecular weight excluding hydrogens is 412 g/mol. The van der Waals surface area contributed by atoms with Gasteiger partial charge in [0.25, 0.3) is 0 Å². The Morgan fingerprint density at radius 2 is 2.00 bits per heavy atom. The van der Waals surface area contributed by atoms with Crippen molar-refractivity contribution in [3.63, 3.8) is 0 Å². The molecule has 9 heteroatoms. The van der Waals surface area contributed by atoms with Crippen molar-refractivity contribution in [3.05, 3.63) is 71.6 Å². The molecular formula is C22H26N6O2S. The van der Waals surface area contributed by atoms with E-state index in [9.17, 15) is 8.42 Å². The van der Waals surface area contributed by atoms with E-state index in [-0.39, 0.29) is 5.75 Å². The van der Waals surface area contributed by atoms with Crippen LogP contribution < -0.4 is 16.0 Å². The molecule has 0 fully saturated rings. The fourth-order valence-corrected chi connectivity index (χ4v) is 4.53. The zero-order chi connectivity index (χ0) is 22.2. The molecule has 0 bridgehead atoms. The Morgan fingerprint density at radius 3 is 2.74 bits per heavy atom. The molecule has 1 aliphatic rings. The third-order valence-corrected chi connectivity index (χ3v) is 6.26. The van der Waals surface area contributed by atoms with Gasteiger partial charge in [-0.3, -0.25) is 10.00 Å². The van der Waals surface area contributed by atoms with Gasteiger partial charge in [-0.15, -0.1) is 0 Å². The van der Waals surface area contributed by atoms with Crippen LogP contribution in [-0.2, 0) is 28.3 Å². The molecule has 31 heavy (non-hydrogen) atoms. The first-order valence-electron chi connectivity index (χ1n) is 9.90. The number of rotatable bonds is 5. The summed E-state index contributed by atoms with van der Waals surface area (Å²) in [5.74, 6) is 0.539. The van der Waals surface area contributed by atoms with Crippen LogP contribution in [0, 0.1) is 6.92 Å². The maximum absolute atomic E-state index is 11.6. The Hall–Kier alpha value is -3.17. The van der Waals surface area contributed by atoms with Crippen molar-refractivity contribution in [2.24, 2.45) is 12.0 Å². The summed E-state index contributed by atoms with van der Waals surface area (Å²) in [5.41, 5.74) is 3.69. The highest BCUT2D eigenvalue weighted by Gasteiger charge is 2.30. The fraction of sp³-hybridized carbons (Fsp3) is 0.273. The molecule has 4 rings (SSSR count). The summed E-state index contributed by atoms with van der Waals surface area (Å²) in [6.45, 7) is 2.05. The van der Waals surface area contributed by atoms with Crippen LogP contribution in [0.3, 0.4) is 0 Å². The van der Waals surface area contributed by atoms with E-state index in [4.69, 9.17) is 4.99 Å². The monoisotopic (exact) mass is 438 g/mol. The van der Waals surface area contributed by atoms with E-state index in [2.05, 4.69) is 33.2 Å². The number of likely N-dealkylation sites (N-methyl/N-ethyl adjacent to an activating group) is 1. The Bertz CT molecular complexity index is 1310. The maximum atomic E-state index is 11.6. The SMILES string of the molecule is CNC1(c2ccc3c(C)n(C)nc3c2)C=CNC(Nc2cccc(CS(C)(=O)=O)c2)=N1. The molecule has 1 aliphatic heterocycles. The second-order valence-corrected chi connectivity index (χ2v) is 9.93. The van der Waals surface area contributed by atoms with Gasteiger partial charge in [-0.2, -0.15) is 5.10 Å². The van der Waals surface area contributed by atoms with Crippen molar-refractivity contribution in [1.29, 1.82) is 0 Å². The minimum absolute atomic E-state index is 0.00765. The number of anilines is 1. The maximum Gasteiger partial charge on any atom is 0.202 e. The normalized spacial score (nSPS) is 18.6. The number of aryl methyl sites for hydroxylation is 2. The topological polar surface area (TPSA) is 100 Å². The second kappa shape index (κ2) is 7.82. The number of aromatic nitrogens is 2. The molecule has 1 atom stereocenters. The number of nitrogens with zero attached hydrogens (tertiary/aromatic N) is 3. The fourth-order valence-electron chi connectivity index (χ4n) is 3.74.